The topological polar surface area (TPSA) is 27.7 Å². The van der Waals surface area contributed by atoms with E-state index in [1.807, 2.05) is 72.8 Å². The molecule has 0 amide bonds. The number of rotatable bonds is 6. The Balaban J connectivity index is 1.56. The average molecular weight is 294 g/mol. The van der Waals surface area contributed by atoms with E-state index in [-0.39, 0.29) is 0 Å². The van der Waals surface area contributed by atoms with Gasteiger partial charge in [0.15, 0.2) is 5.76 Å². The monoisotopic (exact) mass is 294 g/mol. The van der Waals surface area contributed by atoms with Crippen LogP contribution < -0.4 is 0 Å². The fraction of sp³-hybridized carbons (Fsp3) is 0.158. The molecule has 1 unspecified atom stereocenters. The summed E-state index contributed by atoms with van der Waals surface area (Å²) in [6, 6.07) is 20.0. The molecule has 0 saturated heterocycles. The largest absolute Gasteiger partial charge is 0.487 e. The fourth-order valence-electron chi connectivity index (χ4n) is 2.12. The van der Waals surface area contributed by atoms with E-state index in [9.17, 15) is 0 Å². The Kier molecular flexibility index (Phi) is 4.90. The Bertz CT molecular complexity index is 632. The van der Waals surface area contributed by atoms with Crippen LogP contribution in [0, 0.1) is 0 Å². The van der Waals surface area contributed by atoms with Gasteiger partial charge in [0, 0.05) is 0 Å². The van der Waals surface area contributed by atoms with Crippen LogP contribution in [0.5, 0.6) is 0 Å². The molecule has 1 aliphatic heterocycles. The van der Waals surface area contributed by atoms with Gasteiger partial charge in [-0.1, -0.05) is 60.7 Å². The van der Waals surface area contributed by atoms with Crippen LogP contribution in [0.1, 0.15) is 11.1 Å². The van der Waals surface area contributed by atoms with Crippen molar-refractivity contribution in [2.45, 2.75) is 19.5 Å². The zero-order valence-electron chi connectivity index (χ0n) is 12.2. The molecule has 2 aromatic carbocycles. The minimum atomic E-state index is -0.506. The van der Waals surface area contributed by atoms with Gasteiger partial charge in [0.1, 0.15) is 6.61 Å². The van der Waals surface area contributed by atoms with Crippen molar-refractivity contribution in [3.63, 3.8) is 0 Å². The lowest BCUT2D eigenvalue weighted by Gasteiger charge is -2.23. The van der Waals surface area contributed by atoms with Crippen molar-refractivity contribution in [3.05, 3.63) is 96.0 Å². The van der Waals surface area contributed by atoms with Gasteiger partial charge < -0.3 is 14.2 Å². The lowest BCUT2D eigenvalue weighted by Crippen LogP contribution is -2.21. The van der Waals surface area contributed by atoms with E-state index in [1.54, 1.807) is 6.26 Å². The first-order chi connectivity index (χ1) is 10.9. The first-order valence-corrected chi connectivity index (χ1v) is 7.26. The Morgan fingerprint density at radius 1 is 0.818 bits per heavy atom. The zero-order chi connectivity index (χ0) is 15.0. The molecule has 0 N–H and O–H groups in total. The van der Waals surface area contributed by atoms with Crippen molar-refractivity contribution >= 4 is 0 Å². The Morgan fingerprint density at radius 3 is 2.14 bits per heavy atom. The first kappa shape index (κ1) is 14.4. The lowest BCUT2D eigenvalue weighted by atomic mass is 10.2. The summed E-state index contributed by atoms with van der Waals surface area (Å²) in [6.45, 7) is 0.973. The van der Waals surface area contributed by atoms with E-state index in [2.05, 4.69) is 0 Å². The summed E-state index contributed by atoms with van der Waals surface area (Å²) in [4.78, 5) is 0. The smallest absolute Gasteiger partial charge is 0.258 e. The Labute approximate surface area is 130 Å². The molecule has 0 spiro atoms. The normalized spacial score (nSPS) is 16.7. The molecular weight excluding hydrogens is 276 g/mol. The number of benzene rings is 2. The maximum absolute atomic E-state index is 5.83. The summed E-state index contributed by atoms with van der Waals surface area (Å²) in [6.07, 6.45) is 4.80. The van der Waals surface area contributed by atoms with Gasteiger partial charge in [-0.25, -0.2) is 0 Å². The van der Waals surface area contributed by atoms with Gasteiger partial charge in [0.25, 0.3) is 6.29 Å². The molecule has 22 heavy (non-hydrogen) atoms. The number of ether oxygens (including phenoxy) is 3. The fourth-order valence-corrected chi connectivity index (χ4v) is 2.12. The molecule has 1 aliphatic rings. The highest BCUT2D eigenvalue weighted by molar-refractivity contribution is 5.17. The van der Waals surface area contributed by atoms with Crippen molar-refractivity contribution in [3.8, 4) is 0 Å². The molecule has 0 fully saturated rings. The summed E-state index contributed by atoms with van der Waals surface area (Å²) in [5.41, 5.74) is 2.21. The highest BCUT2D eigenvalue weighted by atomic mass is 16.7. The van der Waals surface area contributed by atoms with Gasteiger partial charge in [0.2, 0.25) is 0 Å². The van der Waals surface area contributed by atoms with Crippen LogP contribution >= 0.6 is 0 Å². The predicted molar refractivity (Wildman–Crippen MR) is 84.6 cm³/mol. The number of hydrogen-bond acceptors (Lipinski definition) is 3. The molecule has 0 aromatic heterocycles. The highest BCUT2D eigenvalue weighted by Gasteiger charge is 2.19. The van der Waals surface area contributed by atoms with E-state index in [4.69, 9.17) is 14.2 Å². The quantitative estimate of drug-likeness (QED) is 0.800. The van der Waals surface area contributed by atoms with Crippen LogP contribution in [0.15, 0.2) is 84.8 Å². The van der Waals surface area contributed by atoms with Gasteiger partial charge in [0.05, 0.1) is 12.9 Å². The maximum atomic E-state index is 5.83. The molecule has 0 saturated carbocycles. The third-order valence-electron chi connectivity index (χ3n) is 3.27. The summed E-state index contributed by atoms with van der Waals surface area (Å²) >= 11 is 0. The maximum Gasteiger partial charge on any atom is 0.258 e. The predicted octanol–water partition coefficient (Wildman–Crippen LogP) is 4.17. The van der Waals surface area contributed by atoms with E-state index in [1.165, 1.54) is 0 Å². The molecule has 112 valence electrons. The molecule has 3 rings (SSSR count). The molecule has 0 bridgehead atoms. The van der Waals surface area contributed by atoms with Crippen molar-refractivity contribution < 1.29 is 14.2 Å². The minimum absolute atomic E-state index is 0.478. The summed E-state index contributed by atoms with van der Waals surface area (Å²) < 4.78 is 17.1. The Morgan fingerprint density at radius 2 is 1.45 bits per heavy atom. The van der Waals surface area contributed by atoms with Gasteiger partial charge in [-0.15, -0.1) is 0 Å². The van der Waals surface area contributed by atoms with Crippen molar-refractivity contribution in [1.82, 2.24) is 0 Å². The highest BCUT2D eigenvalue weighted by Crippen LogP contribution is 2.19. The van der Waals surface area contributed by atoms with Crippen LogP contribution in [-0.4, -0.2) is 6.29 Å². The third-order valence-corrected chi connectivity index (χ3v) is 3.27. The van der Waals surface area contributed by atoms with Gasteiger partial charge in [-0.05, 0) is 23.3 Å². The van der Waals surface area contributed by atoms with Gasteiger partial charge in [-0.3, -0.25) is 0 Å². The van der Waals surface area contributed by atoms with Gasteiger partial charge in [-0.2, -0.15) is 0 Å². The molecular formula is C19H18O3. The summed E-state index contributed by atoms with van der Waals surface area (Å²) in [5.74, 6) is 0.683. The molecule has 0 radical (unpaired) electrons. The van der Waals surface area contributed by atoms with Crippen molar-refractivity contribution in [2.24, 2.45) is 0 Å². The average Bonchev–Trinajstić information content (AvgIpc) is 2.61. The molecule has 2 aromatic rings. The van der Waals surface area contributed by atoms with Crippen LogP contribution in [0.4, 0.5) is 0 Å². The molecule has 0 aliphatic carbocycles. The summed E-state index contributed by atoms with van der Waals surface area (Å²) in [7, 11) is 0. The summed E-state index contributed by atoms with van der Waals surface area (Å²) in [5, 5.41) is 0. The van der Waals surface area contributed by atoms with Crippen molar-refractivity contribution in [1.29, 1.82) is 0 Å². The van der Waals surface area contributed by atoms with E-state index >= 15 is 0 Å². The number of allylic oxidation sites excluding steroid dienone is 2. The molecule has 3 heteroatoms. The molecule has 1 heterocycles. The Hall–Kier alpha value is -2.52. The molecule has 1 atom stereocenters. The third kappa shape index (κ3) is 3.99. The second kappa shape index (κ2) is 7.48. The van der Waals surface area contributed by atoms with E-state index in [0.717, 1.165) is 11.1 Å². The zero-order valence-corrected chi connectivity index (χ0v) is 12.2. The second-order valence-electron chi connectivity index (χ2n) is 4.94. The number of hydrogen-bond donors (Lipinski definition) is 0. The molecule has 3 nitrogen and oxygen atoms in total. The van der Waals surface area contributed by atoms with Gasteiger partial charge >= 0.3 is 0 Å². The van der Waals surface area contributed by atoms with Crippen molar-refractivity contribution in [2.75, 3.05) is 0 Å². The minimum Gasteiger partial charge on any atom is -0.487 e. The van der Waals surface area contributed by atoms with Crippen LogP contribution in [0.3, 0.4) is 0 Å². The van der Waals surface area contributed by atoms with E-state index in [0.29, 0.717) is 19.0 Å². The standard InChI is InChI=1S/C19H18O3/c1-3-8-16(9-4-1)14-21-18-12-7-13-20-19(18)22-15-17-10-5-2-6-11-17/h1-13,19H,14-15H2. The first-order valence-electron chi connectivity index (χ1n) is 7.26. The lowest BCUT2D eigenvalue weighted by molar-refractivity contribution is -0.120. The van der Waals surface area contributed by atoms with E-state index < -0.39 is 6.29 Å². The van der Waals surface area contributed by atoms with Crippen LogP contribution in [-0.2, 0) is 27.4 Å². The second-order valence-corrected chi connectivity index (χ2v) is 4.94. The SMILES string of the molecule is C1=COC(OCc2ccccc2)C(OCc2ccccc2)=C1. The van der Waals surface area contributed by atoms with Crippen LogP contribution in [0.2, 0.25) is 0 Å². The van der Waals surface area contributed by atoms with Crippen LogP contribution in [0.25, 0.3) is 0 Å².